The summed E-state index contributed by atoms with van der Waals surface area (Å²) in [6.07, 6.45) is 1.86. The minimum atomic E-state index is -0.419. The molecule has 0 radical (unpaired) electrons. The van der Waals surface area contributed by atoms with E-state index in [0.717, 1.165) is 45.8 Å². The molecule has 1 amide bonds. The molecule has 1 heterocycles. The average molecular weight is 521 g/mol. The van der Waals surface area contributed by atoms with Gasteiger partial charge in [-0.25, -0.2) is 0 Å². The van der Waals surface area contributed by atoms with E-state index in [-0.39, 0.29) is 23.0 Å². The number of Topliss-reactive ketones (excluding diaryl/α,β-unsaturated/α-hetero) is 1. The van der Waals surface area contributed by atoms with Gasteiger partial charge < -0.3 is 10.1 Å². The summed E-state index contributed by atoms with van der Waals surface area (Å²) in [5.41, 5.74) is 6.34. The largest absolute Gasteiger partial charge is 0.497 e. The van der Waals surface area contributed by atoms with E-state index in [0.29, 0.717) is 25.0 Å². The van der Waals surface area contributed by atoms with Gasteiger partial charge in [-0.15, -0.1) is 0 Å². The number of benzene rings is 3. The van der Waals surface area contributed by atoms with Crippen LogP contribution in [0.2, 0.25) is 0 Å². The highest BCUT2D eigenvalue weighted by molar-refractivity contribution is 6.12. The number of amides is 1. The zero-order valence-electron chi connectivity index (χ0n) is 23.2. The number of ether oxygens (including phenoxy) is 1. The van der Waals surface area contributed by atoms with Crippen molar-refractivity contribution >= 4 is 17.4 Å². The van der Waals surface area contributed by atoms with E-state index in [4.69, 9.17) is 9.73 Å². The number of nitrogens with one attached hydrogen (secondary N) is 1. The van der Waals surface area contributed by atoms with Gasteiger partial charge in [-0.1, -0.05) is 87.5 Å². The fraction of sp³-hybridized carbons (Fsp3) is 0.324. The molecule has 0 aromatic heterocycles. The lowest BCUT2D eigenvalue weighted by atomic mass is 9.63. The number of allylic oxidation sites excluding steroid dienone is 1. The van der Waals surface area contributed by atoms with Crippen LogP contribution < -0.4 is 10.1 Å². The fourth-order valence-electron chi connectivity index (χ4n) is 5.93. The summed E-state index contributed by atoms with van der Waals surface area (Å²) in [4.78, 5) is 32.5. The summed E-state index contributed by atoms with van der Waals surface area (Å²) < 4.78 is 5.25. The lowest BCUT2D eigenvalue weighted by Gasteiger charge is -2.41. The summed E-state index contributed by atoms with van der Waals surface area (Å²) in [5.74, 6) is -0.0136. The van der Waals surface area contributed by atoms with Gasteiger partial charge in [-0.05, 0) is 52.6 Å². The first-order chi connectivity index (χ1) is 18.8. The molecular formula is C34H36N2O3. The zero-order valence-corrected chi connectivity index (χ0v) is 23.2. The Bertz CT molecular complexity index is 1420. The Hall–Kier alpha value is -3.99. The quantitative estimate of drug-likeness (QED) is 0.369. The minimum Gasteiger partial charge on any atom is -0.497 e. The summed E-state index contributed by atoms with van der Waals surface area (Å²) in [6.45, 7) is 6.66. The smallest absolute Gasteiger partial charge is 0.249 e. The van der Waals surface area contributed by atoms with Gasteiger partial charge in [0.25, 0.3) is 0 Å². The van der Waals surface area contributed by atoms with E-state index < -0.39 is 5.92 Å². The highest BCUT2D eigenvalue weighted by Gasteiger charge is 2.47. The van der Waals surface area contributed by atoms with Gasteiger partial charge in [0.2, 0.25) is 5.91 Å². The van der Waals surface area contributed by atoms with Crippen LogP contribution in [0, 0.1) is 11.3 Å². The molecule has 2 aliphatic rings. The van der Waals surface area contributed by atoms with Crippen molar-refractivity contribution in [3.8, 4) is 16.9 Å². The second-order valence-corrected chi connectivity index (χ2v) is 11.3. The van der Waals surface area contributed by atoms with Crippen molar-refractivity contribution in [2.45, 2.75) is 52.5 Å². The standard InChI is InChI=1S/C34H36N2O3/c1-5-27-32(33(38)35-21-22-11-17-26(39-4)18-12-22)30(31-28(36-27)19-34(2,3)20-29(31)37)25-15-13-24(14-16-25)23-9-7-6-8-10-23/h6-18,30-31H,5,19-21H2,1-4H3,(H,35,38). The predicted octanol–water partition coefficient (Wildman–Crippen LogP) is 6.89. The molecule has 1 aliphatic carbocycles. The number of hydrogen-bond acceptors (Lipinski definition) is 4. The normalized spacial score (nSPS) is 20.2. The molecule has 1 saturated carbocycles. The van der Waals surface area contributed by atoms with Crippen molar-refractivity contribution in [3.63, 3.8) is 0 Å². The molecule has 39 heavy (non-hydrogen) atoms. The molecular weight excluding hydrogens is 484 g/mol. The molecule has 1 fully saturated rings. The van der Waals surface area contributed by atoms with E-state index in [1.165, 1.54) is 0 Å². The van der Waals surface area contributed by atoms with Crippen LogP contribution in [0.4, 0.5) is 0 Å². The van der Waals surface area contributed by atoms with Crippen molar-refractivity contribution in [3.05, 3.63) is 101 Å². The maximum absolute atomic E-state index is 13.9. The Labute approximate surface area is 231 Å². The number of rotatable bonds is 7. The molecule has 0 bridgehead atoms. The van der Waals surface area contributed by atoms with E-state index in [1.54, 1.807) is 7.11 Å². The molecule has 3 aromatic carbocycles. The lowest BCUT2D eigenvalue weighted by molar-refractivity contribution is -0.124. The van der Waals surface area contributed by atoms with Gasteiger partial charge >= 0.3 is 0 Å². The molecule has 2 unspecified atom stereocenters. The average Bonchev–Trinajstić information content (AvgIpc) is 2.95. The fourth-order valence-corrected chi connectivity index (χ4v) is 5.93. The molecule has 5 nitrogen and oxygen atoms in total. The molecule has 0 saturated heterocycles. The predicted molar refractivity (Wildman–Crippen MR) is 156 cm³/mol. The highest BCUT2D eigenvalue weighted by atomic mass is 16.5. The van der Waals surface area contributed by atoms with Crippen LogP contribution in [0.25, 0.3) is 11.1 Å². The monoisotopic (exact) mass is 520 g/mol. The number of fused-ring (bicyclic) bond motifs is 1. The number of methoxy groups -OCH3 is 1. The third-order valence-corrected chi connectivity index (χ3v) is 7.82. The van der Waals surface area contributed by atoms with Crippen LogP contribution in [-0.2, 0) is 16.1 Å². The van der Waals surface area contributed by atoms with Crippen molar-refractivity contribution in [1.82, 2.24) is 5.32 Å². The van der Waals surface area contributed by atoms with Crippen LogP contribution in [0.1, 0.15) is 57.1 Å². The zero-order chi connectivity index (χ0) is 27.6. The Morgan fingerprint density at radius 3 is 2.23 bits per heavy atom. The molecule has 5 rings (SSSR count). The van der Waals surface area contributed by atoms with Crippen molar-refractivity contribution < 1.29 is 14.3 Å². The number of ketones is 1. The molecule has 0 spiro atoms. The maximum Gasteiger partial charge on any atom is 0.249 e. The number of nitrogens with zero attached hydrogens (tertiary/aromatic N) is 1. The summed E-state index contributed by atoms with van der Waals surface area (Å²) >= 11 is 0. The molecule has 1 aliphatic heterocycles. The first-order valence-corrected chi connectivity index (χ1v) is 13.7. The topological polar surface area (TPSA) is 67.8 Å². The third kappa shape index (κ3) is 5.58. The molecule has 200 valence electrons. The Balaban J connectivity index is 1.53. The molecule has 5 heteroatoms. The maximum atomic E-state index is 13.9. The van der Waals surface area contributed by atoms with Gasteiger partial charge in [-0.2, -0.15) is 0 Å². The van der Waals surface area contributed by atoms with Gasteiger partial charge in [0.15, 0.2) is 0 Å². The lowest BCUT2D eigenvalue weighted by Crippen LogP contribution is -2.45. The van der Waals surface area contributed by atoms with Gasteiger partial charge in [0.05, 0.1) is 13.0 Å². The number of carbonyl (C=O) groups is 2. The summed E-state index contributed by atoms with van der Waals surface area (Å²) in [6, 6.07) is 26.2. The van der Waals surface area contributed by atoms with E-state index in [2.05, 4.69) is 55.6 Å². The molecule has 1 N–H and O–H groups in total. The van der Waals surface area contributed by atoms with Crippen LogP contribution in [0.3, 0.4) is 0 Å². The van der Waals surface area contributed by atoms with E-state index in [1.807, 2.05) is 49.4 Å². The van der Waals surface area contributed by atoms with Gasteiger partial charge in [0, 0.05) is 35.9 Å². The first-order valence-electron chi connectivity index (χ1n) is 13.7. The molecule has 3 aromatic rings. The van der Waals surface area contributed by atoms with Crippen LogP contribution in [0.15, 0.2) is 95.1 Å². The van der Waals surface area contributed by atoms with Gasteiger partial charge in [-0.3, -0.25) is 14.6 Å². The number of carbonyl (C=O) groups excluding carboxylic acids is 2. The third-order valence-electron chi connectivity index (χ3n) is 7.82. The van der Waals surface area contributed by atoms with Crippen LogP contribution >= 0.6 is 0 Å². The Kier molecular flexibility index (Phi) is 7.51. The number of aliphatic imine (C=N–C) groups is 1. The second-order valence-electron chi connectivity index (χ2n) is 11.3. The highest BCUT2D eigenvalue weighted by Crippen LogP contribution is 2.47. The van der Waals surface area contributed by atoms with Crippen LogP contribution in [-0.4, -0.2) is 24.5 Å². The van der Waals surface area contributed by atoms with Crippen molar-refractivity contribution in [2.75, 3.05) is 7.11 Å². The molecule has 2 atom stereocenters. The number of hydrogen-bond donors (Lipinski definition) is 1. The minimum absolute atomic E-state index is 0.138. The Morgan fingerprint density at radius 2 is 1.59 bits per heavy atom. The first kappa shape index (κ1) is 26.6. The van der Waals surface area contributed by atoms with Crippen LogP contribution in [0.5, 0.6) is 5.75 Å². The summed E-state index contributed by atoms with van der Waals surface area (Å²) in [5, 5.41) is 3.12. The summed E-state index contributed by atoms with van der Waals surface area (Å²) in [7, 11) is 1.63. The van der Waals surface area contributed by atoms with Crippen molar-refractivity contribution in [1.29, 1.82) is 0 Å². The Morgan fingerprint density at radius 1 is 0.923 bits per heavy atom. The van der Waals surface area contributed by atoms with E-state index >= 15 is 0 Å². The van der Waals surface area contributed by atoms with E-state index in [9.17, 15) is 9.59 Å². The SMILES string of the molecule is CCC1=C(C(=O)NCc2ccc(OC)cc2)C(c2ccc(-c3ccccc3)cc2)C2C(=O)CC(C)(C)CC2=N1. The second kappa shape index (κ2) is 11.0. The van der Waals surface area contributed by atoms with Gasteiger partial charge in [0.1, 0.15) is 11.5 Å². The van der Waals surface area contributed by atoms with Crippen molar-refractivity contribution in [2.24, 2.45) is 16.3 Å².